The molecule has 52 heavy (non-hydrogen) atoms. The summed E-state index contributed by atoms with van der Waals surface area (Å²) in [7, 11) is -3.41. The summed E-state index contributed by atoms with van der Waals surface area (Å²) in [4.78, 5) is 16.7. The molecule has 0 saturated carbocycles. The van der Waals surface area contributed by atoms with Gasteiger partial charge in [-0.05, 0) is 89.1 Å². The van der Waals surface area contributed by atoms with Gasteiger partial charge in [0.25, 0.3) is 0 Å². The van der Waals surface area contributed by atoms with Crippen LogP contribution in [0.15, 0.2) is 48.5 Å². The molecule has 0 radical (unpaired) electrons. The van der Waals surface area contributed by atoms with Gasteiger partial charge in [-0.15, -0.1) is 0 Å². The highest BCUT2D eigenvalue weighted by Gasteiger charge is 2.34. The summed E-state index contributed by atoms with van der Waals surface area (Å²) in [5, 5.41) is 16.9. The lowest BCUT2D eigenvalue weighted by Crippen LogP contribution is -2.45. The molecule has 10 nitrogen and oxygen atoms in total. The predicted octanol–water partition coefficient (Wildman–Crippen LogP) is 5.84. The minimum absolute atomic E-state index is 0.213. The molecule has 12 heteroatoms. The number of rotatable bonds is 8. The molecule has 3 aliphatic heterocycles. The summed E-state index contributed by atoms with van der Waals surface area (Å²) in [5.41, 5.74) is 4.64. The molecule has 1 amide bonds. The number of sulfonamides is 1. The topological polar surface area (TPSA) is 108 Å². The molecule has 1 aromatic heterocycles. The Bertz CT molecular complexity index is 1880. The fourth-order valence-electron chi connectivity index (χ4n) is 7.78. The summed E-state index contributed by atoms with van der Waals surface area (Å²) < 4.78 is 34.1. The monoisotopic (exact) mass is 749 g/mol. The Balaban J connectivity index is 1.10. The van der Waals surface area contributed by atoms with E-state index in [-0.39, 0.29) is 12.6 Å². The molecule has 3 aliphatic rings. The van der Waals surface area contributed by atoms with Crippen molar-refractivity contribution in [3.05, 3.63) is 75.9 Å². The zero-order chi connectivity index (χ0) is 37.0. The second kappa shape index (κ2) is 16.3. The molecule has 280 valence electrons. The number of aliphatic hydroxyl groups is 1. The van der Waals surface area contributed by atoms with Crippen LogP contribution >= 0.6 is 11.6 Å². The van der Waals surface area contributed by atoms with Gasteiger partial charge >= 0.3 is 6.09 Å². The molecule has 1 atom stereocenters. The average molecular weight is 750 g/mol. The van der Waals surface area contributed by atoms with Crippen LogP contribution in [-0.2, 0) is 40.7 Å². The first-order valence-electron chi connectivity index (χ1n) is 18.5. The van der Waals surface area contributed by atoms with E-state index in [1.807, 2.05) is 78.9 Å². The van der Waals surface area contributed by atoms with E-state index in [4.69, 9.17) is 21.4 Å². The van der Waals surface area contributed by atoms with Crippen LogP contribution in [0, 0.1) is 23.7 Å². The Morgan fingerprint density at radius 1 is 1.00 bits per heavy atom. The van der Waals surface area contributed by atoms with E-state index in [0.717, 1.165) is 74.2 Å². The van der Waals surface area contributed by atoms with E-state index < -0.39 is 21.7 Å². The number of halogens is 1. The van der Waals surface area contributed by atoms with Gasteiger partial charge in [0.1, 0.15) is 5.60 Å². The number of carbonyl (C=O) groups is 1. The Morgan fingerprint density at radius 2 is 1.67 bits per heavy atom. The maximum atomic E-state index is 12.6. The second-order valence-corrected chi connectivity index (χ2v) is 17.9. The number of nitrogens with zero attached hydrogens (tertiary/aromatic N) is 5. The highest BCUT2D eigenvalue weighted by Crippen LogP contribution is 2.35. The molecule has 2 fully saturated rings. The molecular weight excluding hydrogens is 698 g/mol. The number of hydrogen-bond donors (Lipinski definition) is 1. The quantitative estimate of drug-likeness (QED) is 0.289. The first-order chi connectivity index (χ1) is 24.7. The van der Waals surface area contributed by atoms with Crippen molar-refractivity contribution in [2.24, 2.45) is 11.8 Å². The molecule has 0 bridgehead atoms. The van der Waals surface area contributed by atoms with Gasteiger partial charge in [-0.1, -0.05) is 59.8 Å². The molecule has 3 aromatic rings. The van der Waals surface area contributed by atoms with Crippen LogP contribution in [-0.4, -0.2) is 101 Å². The maximum absolute atomic E-state index is 12.6. The molecule has 0 aliphatic carbocycles. The predicted molar refractivity (Wildman–Crippen MR) is 204 cm³/mol. The number of ether oxygens (including phenoxy) is 1. The van der Waals surface area contributed by atoms with Gasteiger partial charge in [0.15, 0.2) is 0 Å². The summed E-state index contributed by atoms with van der Waals surface area (Å²) >= 11 is 6.58. The van der Waals surface area contributed by atoms with Crippen LogP contribution in [0.25, 0.3) is 11.3 Å². The van der Waals surface area contributed by atoms with Crippen molar-refractivity contribution in [1.29, 1.82) is 0 Å². The van der Waals surface area contributed by atoms with E-state index >= 15 is 0 Å². The smallest absolute Gasteiger partial charge is 0.410 e. The maximum Gasteiger partial charge on any atom is 0.410 e. The summed E-state index contributed by atoms with van der Waals surface area (Å²) in [5.74, 6) is 7.67. The van der Waals surface area contributed by atoms with Crippen molar-refractivity contribution in [2.75, 3.05) is 45.5 Å². The number of fused-ring (bicyclic) bond motifs is 1. The Morgan fingerprint density at radius 3 is 2.33 bits per heavy atom. The molecule has 0 unspecified atom stereocenters. The zero-order valence-electron chi connectivity index (χ0n) is 30.9. The van der Waals surface area contributed by atoms with Crippen LogP contribution in [0.5, 0.6) is 0 Å². The van der Waals surface area contributed by atoms with Gasteiger partial charge in [-0.3, -0.25) is 4.68 Å². The lowest BCUT2D eigenvalue weighted by atomic mass is 9.79. The Hall–Kier alpha value is -3.40. The number of β-amino-alcohol motifs (C(OH)–C–C–N with tert-alkyl or cyclic N) is 1. The van der Waals surface area contributed by atoms with Crippen LogP contribution in [0.2, 0.25) is 5.02 Å². The number of likely N-dealkylation sites (tertiary alicyclic amines) is 2. The van der Waals surface area contributed by atoms with Crippen molar-refractivity contribution in [3.63, 3.8) is 0 Å². The fraction of sp³-hybridized carbons (Fsp3) is 0.550. The van der Waals surface area contributed by atoms with Crippen molar-refractivity contribution in [3.8, 4) is 23.1 Å². The number of carbonyl (C=O) groups excluding carboxylic acids is 1. The molecule has 1 N–H and O–H groups in total. The number of piperidine rings is 2. The number of aliphatic hydroxyl groups excluding tert-OH is 1. The summed E-state index contributed by atoms with van der Waals surface area (Å²) in [6.45, 7) is 10.5. The van der Waals surface area contributed by atoms with Crippen LogP contribution in [0.1, 0.15) is 68.8 Å². The Kier molecular flexibility index (Phi) is 12.0. The lowest BCUT2D eigenvalue weighted by Gasteiger charge is -2.40. The third-order valence-corrected chi connectivity index (χ3v) is 12.1. The van der Waals surface area contributed by atoms with E-state index in [9.17, 15) is 18.3 Å². The third-order valence-electron chi connectivity index (χ3n) is 10.5. The van der Waals surface area contributed by atoms with Crippen molar-refractivity contribution in [1.82, 2.24) is 23.9 Å². The average Bonchev–Trinajstić information content (AvgIpc) is 3.46. The van der Waals surface area contributed by atoms with Crippen molar-refractivity contribution < 1.29 is 23.1 Å². The van der Waals surface area contributed by atoms with E-state index in [0.29, 0.717) is 60.6 Å². The van der Waals surface area contributed by atoms with Crippen LogP contribution in [0.3, 0.4) is 0 Å². The van der Waals surface area contributed by atoms with Gasteiger partial charge in [0, 0.05) is 67.9 Å². The van der Waals surface area contributed by atoms with Crippen LogP contribution < -0.4 is 0 Å². The van der Waals surface area contributed by atoms with Gasteiger partial charge in [0.2, 0.25) is 10.0 Å². The Labute approximate surface area is 314 Å². The van der Waals surface area contributed by atoms with Crippen LogP contribution in [0.4, 0.5) is 4.79 Å². The minimum Gasteiger partial charge on any atom is -0.444 e. The number of benzene rings is 2. The third kappa shape index (κ3) is 9.77. The first-order valence-corrected chi connectivity index (χ1v) is 20.7. The van der Waals surface area contributed by atoms with Crippen molar-refractivity contribution in [2.45, 2.75) is 84.1 Å². The highest BCUT2D eigenvalue weighted by atomic mass is 35.5. The molecular formula is C40H52ClN5O5S. The molecule has 2 aromatic carbocycles. The lowest BCUT2D eigenvalue weighted by molar-refractivity contribution is 0.0123. The molecule has 0 spiro atoms. The SMILES string of the molecule is CC(C)(C)OC(=O)N1CCC(C2CCN(C[C@H](O)Cn3nc(-c4ccc(Cl)c(C#CCc5ccccc5)c4)c4c3CCN(S(C)(=O)=O)C4)CC2)CC1. The second-order valence-electron chi connectivity index (χ2n) is 15.6. The number of amides is 1. The molecule has 4 heterocycles. The summed E-state index contributed by atoms with van der Waals surface area (Å²) in [6.07, 6.45) is 5.68. The number of hydrogen-bond acceptors (Lipinski definition) is 7. The van der Waals surface area contributed by atoms with E-state index in [1.54, 1.807) is 0 Å². The van der Waals surface area contributed by atoms with Gasteiger partial charge in [-0.2, -0.15) is 9.40 Å². The molecule has 2 saturated heterocycles. The minimum atomic E-state index is -3.41. The zero-order valence-corrected chi connectivity index (χ0v) is 32.4. The fourth-order valence-corrected chi connectivity index (χ4v) is 8.73. The molecule has 6 rings (SSSR count). The van der Waals surface area contributed by atoms with E-state index in [2.05, 4.69) is 16.7 Å². The summed E-state index contributed by atoms with van der Waals surface area (Å²) in [6, 6.07) is 15.7. The first kappa shape index (κ1) is 38.3. The van der Waals surface area contributed by atoms with Gasteiger partial charge < -0.3 is 19.6 Å². The van der Waals surface area contributed by atoms with Gasteiger partial charge in [-0.25, -0.2) is 13.2 Å². The van der Waals surface area contributed by atoms with E-state index in [1.165, 1.54) is 10.6 Å². The normalized spacial score (nSPS) is 18.8. The van der Waals surface area contributed by atoms with Gasteiger partial charge in [0.05, 0.1) is 29.6 Å². The highest BCUT2D eigenvalue weighted by molar-refractivity contribution is 7.88. The largest absolute Gasteiger partial charge is 0.444 e. The number of aromatic nitrogens is 2. The standard InChI is InChI=1S/C40H52ClN5O5S/c1-40(2,3)51-39(48)44-22-17-31(18-23-44)30-15-20-43(21-16-30)26-34(47)27-46-37-19-24-45(52(4,49)50)28-35(37)38(42-46)33-13-14-36(41)32(25-33)12-8-11-29-9-6-5-7-10-29/h5-7,9-10,13-14,25,30-31,34,47H,11,15-24,26-28H2,1-4H3/t34-/m0/s1. The van der Waals surface area contributed by atoms with Crippen molar-refractivity contribution >= 4 is 27.7 Å².